The lowest BCUT2D eigenvalue weighted by molar-refractivity contribution is -0.137. The highest BCUT2D eigenvalue weighted by atomic mass is 19.4. The van der Waals surface area contributed by atoms with Crippen molar-refractivity contribution in [2.24, 2.45) is 5.92 Å². The summed E-state index contributed by atoms with van der Waals surface area (Å²) in [6.07, 6.45) is -4.50. The number of rotatable bonds is 4. The number of carbonyl (C=O) groups excluding carboxylic acids is 2. The standard InChI is InChI=1S/C20H19F3N2O2/c1-13-5-7-14(8-6-13)11-24-19(27)15-9-18(26)25(12-15)17-4-2-3-16(10-17)20(21,22)23/h2-8,10,15H,9,11-12H2,1H3,(H,24,27)/t15-/m0/s1. The minimum Gasteiger partial charge on any atom is -0.352 e. The van der Waals surface area contributed by atoms with Gasteiger partial charge in [-0.1, -0.05) is 35.9 Å². The lowest BCUT2D eigenvalue weighted by Gasteiger charge is -2.18. The molecule has 4 nitrogen and oxygen atoms in total. The predicted molar refractivity (Wildman–Crippen MR) is 94.9 cm³/mol. The summed E-state index contributed by atoms with van der Waals surface area (Å²) in [7, 11) is 0. The number of nitrogens with one attached hydrogen (secondary N) is 1. The summed E-state index contributed by atoms with van der Waals surface area (Å²) in [4.78, 5) is 25.8. The highest BCUT2D eigenvalue weighted by Gasteiger charge is 2.36. The van der Waals surface area contributed by atoms with Crippen molar-refractivity contribution in [3.8, 4) is 0 Å². The Morgan fingerprint density at radius 3 is 2.56 bits per heavy atom. The van der Waals surface area contributed by atoms with Crippen LogP contribution >= 0.6 is 0 Å². The van der Waals surface area contributed by atoms with E-state index in [-0.39, 0.29) is 30.5 Å². The van der Waals surface area contributed by atoms with Crippen LogP contribution in [0.4, 0.5) is 18.9 Å². The van der Waals surface area contributed by atoms with Gasteiger partial charge in [0, 0.05) is 25.2 Å². The van der Waals surface area contributed by atoms with Crippen molar-refractivity contribution in [3.05, 3.63) is 65.2 Å². The molecule has 142 valence electrons. The normalized spacial score (nSPS) is 17.3. The molecule has 0 spiro atoms. The number of halogens is 3. The number of alkyl halides is 3. The monoisotopic (exact) mass is 376 g/mol. The number of anilines is 1. The maximum atomic E-state index is 12.9. The molecule has 0 aromatic heterocycles. The van der Waals surface area contributed by atoms with Gasteiger partial charge in [0.15, 0.2) is 0 Å². The van der Waals surface area contributed by atoms with Crippen LogP contribution in [-0.4, -0.2) is 18.4 Å². The molecule has 3 rings (SSSR count). The number of hydrogen-bond donors (Lipinski definition) is 1. The second kappa shape index (κ2) is 7.42. The fourth-order valence-electron chi connectivity index (χ4n) is 3.02. The molecule has 1 aliphatic heterocycles. The highest BCUT2D eigenvalue weighted by molar-refractivity contribution is 6.00. The summed E-state index contributed by atoms with van der Waals surface area (Å²) in [5.74, 6) is -1.22. The third kappa shape index (κ3) is 4.48. The zero-order valence-corrected chi connectivity index (χ0v) is 14.7. The van der Waals surface area contributed by atoms with Crippen LogP contribution in [0.1, 0.15) is 23.1 Å². The van der Waals surface area contributed by atoms with Gasteiger partial charge in [0.25, 0.3) is 0 Å². The van der Waals surface area contributed by atoms with Crippen molar-refractivity contribution >= 4 is 17.5 Å². The Hall–Kier alpha value is -2.83. The van der Waals surface area contributed by atoms with E-state index in [9.17, 15) is 22.8 Å². The van der Waals surface area contributed by atoms with Crippen molar-refractivity contribution in [2.45, 2.75) is 26.1 Å². The van der Waals surface area contributed by atoms with Gasteiger partial charge in [-0.25, -0.2) is 0 Å². The minimum atomic E-state index is -4.48. The molecular formula is C20H19F3N2O2. The Morgan fingerprint density at radius 1 is 1.19 bits per heavy atom. The van der Waals surface area contributed by atoms with Gasteiger partial charge in [-0.15, -0.1) is 0 Å². The van der Waals surface area contributed by atoms with Crippen LogP contribution in [0.15, 0.2) is 48.5 Å². The van der Waals surface area contributed by atoms with E-state index < -0.39 is 17.7 Å². The molecule has 0 unspecified atom stereocenters. The van der Waals surface area contributed by atoms with Gasteiger partial charge in [0.2, 0.25) is 11.8 Å². The first-order valence-corrected chi connectivity index (χ1v) is 8.55. The van der Waals surface area contributed by atoms with E-state index in [4.69, 9.17) is 0 Å². The summed E-state index contributed by atoms with van der Waals surface area (Å²) in [5, 5.41) is 2.79. The van der Waals surface area contributed by atoms with Gasteiger partial charge in [0.1, 0.15) is 0 Å². The average Bonchev–Trinajstić information content (AvgIpc) is 3.02. The van der Waals surface area contributed by atoms with Crippen LogP contribution in [0.5, 0.6) is 0 Å². The Balaban J connectivity index is 1.64. The third-order valence-corrected chi connectivity index (χ3v) is 4.57. The second-order valence-corrected chi connectivity index (χ2v) is 6.66. The van der Waals surface area contributed by atoms with E-state index in [1.54, 1.807) is 0 Å². The SMILES string of the molecule is Cc1ccc(CNC(=O)[C@H]2CC(=O)N(c3cccc(C(F)(F)F)c3)C2)cc1. The first-order chi connectivity index (χ1) is 12.7. The molecule has 1 atom stereocenters. The Kier molecular flexibility index (Phi) is 5.21. The molecule has 2 aromatic rings. The average molecular weight is 376 g/mol. The Bertz CT molecular complexity index is 847. The van der Waals surface area contributed by atoms with Gasteiger partial charge in [-0.3, -0.25) is 9.59 Å². The van der Waals surface area contributed by atoms with Crippen LogP contribution in [0, 0.1) is 12.8 Å². The van der Waals surface area contributed by atoms with Gasteiger partial charge in [-0.05, 0) is 30.7 Å². The molecule has 1 heterocycles. The minimum absolute atomic E-state index is 0.0179. The van der Waals surface area contributed by atoms with Gasteiger partial charge < -0.3 is 10.2 Å². The zero-order chi connectivity index (χ0) is 19.6. The third-order valence-electron chi connectivity index (χ3n) is 4.57. The number of nitrogens with zero attached hydrogens (tertiary/aromatic N) is 1. The van der Waals surface area contributed by atoms with E-state index in [0.717, 1.165) is 23.3 Å². The van der Waals surface area contributed by atoms with Crippen LogP contribution in [0.25, 0.3) is 0 Å². The smallest absolute Gasteiger partial charge is 0.352 e. The lowest BCUT2D eigenvalue weighted by atomic mass is 10.1. The Morgan fingerprint density at radius 2 is 1.89 bits per heavy atom. The predicted octanol–water partition coefficient (Wildman–Crippen LogP) is 3.68. The van der Waals surface area contributed by atoms with Crippen LogP contribution in [0.3, 0.4) is 0 Å². The number of hydrogen-bond acceptors (Lipinski definition) is 2. The maximum absolute atomic E-state index is 12.9. The fraction of sp³-hybridized carbons (Fsp3) is 0.300. The fourth-order valence-corrected chi connectivity index (χ4v) is 3.02. The van der Waals surface area contributed by atoms with E-state index in [0.29, 0.717) is 6.54 Å². The quantitative estimate of drug-likeness (QED) is 0.885. The van der Waals surface area contributed by atoms with Crippen LogP contribution in [-0.2, 0) is 22.3 Å². The maximum Gasteiger partial charge on any atom is 0.416 e. The molecule has 0 saturated carbocycles. The molecule has 0 aliphatic carbocycles. The first kappa shape index (κ1) is 18.9. The van der Waals surface area contributed by atoms with Gasteiger partial charge >= 0.3 is 6.18 Å². The number of benzene rings is 2. The molecule has 7 heteroatoms. The second-order valence-electron chi connectivity index (χ2n) is 6.66. The molecule has 0 bridgehead atoms. The first-order valence-electron chi connectivity index (χ1n) is 8.55. The molecule has 1 fully saturated rings. The number of aryl methyl sites for hydroxylation is 1. The molecule has 1 aliphatic rings. The topological polar surface area (TPSA) is 49.4 Å². The number of carbonyl (C=O) groups is 2. The van der Waals surface area contributed by atoms with Crippen LogP contribution < -0.4 is 10.2 Å². The summed E-state index contributed by atoms with van der Waals surface area (Å²) in [6.45, 7) is 2.38. The van der Waals surface area contributed by atoms with Crippen molar-refractivity contribution in [1.82, 2.24) is 5.32 Å². The van der Waals surface area contributed by atoms with E-state index >= 15 is 0 Å². The highest BCUT2D eigenvalue weighted by Crippen LogP contribution is 2.33. The summed E-state index contributed by atoms with van der Waals surface area (Å²) < 4.78 is 38.6. The number of amides is 2. The van der Waals surface area contributed by atoms with Gasteiger partial charge in [0.05, 0.1) is 11.5 Å². The van der Waals surface area contributed by atoms with E-state index in [1.807, 2.05) is 31.2 Å². The zero-order valence-electron chi connectivity index (χ0n) is 14.7. The molecule has 2 aromatic carbocycles. The molecular weight excluding hydrogens is 357 g/mol. The summed E-state index contributed by atoms with van der Waals surface area (Å²) >= 11 is 0. The molecule has 2 amide bonds. The van der Waals surface area contributed by atoms with Crippen molar-refractivity contribution in [2.75, 3.05) is 11.4 Å². The molecule has 27 heavy (non-hydrogen) atoms. The summed E-state index contributed by atoms with van der Waals surface area (Å²) in [5.41, 5.74) is 1.39. The van der Waals surface area contributed by atoms with E-state index in [2.05, 4.69) is 5.32 Å². The van der Waals surface area contributed by atoms with Gasteiger partial charge in [-0.2, -0.15) is 13.2 Å². The molecule has 0 radical (unpaired) electrons. The van der Waals surface area contributed by atoms with Crippen molar-refractivity contribution < 1.29 is 22.8 Å². The van der Waals surface area contributed by atoms with Crippen molar-refractivity contribution in [3.63, 3.8) is 0 Å². The molecule has 1 N–H and O–H groups in total. The van der Waals surface area contributed by atoms with Crippen molar-refractivity contribution in [1.29, 1.82) is 0 Å². The molecule has 1 saturated heterocycles. The van der Waals surface area contributed by atoms with E-state index in [1.165, 1.54) is 17.0 Å². The lowest BCUT2D eigenvalue weighted by Crippen LogP contribution is -2.32. The Labute approximate surface area is 155 Å². The largest absolute Gasteiger partial charge is 0.416 e. The summed E-state index contributed by atoms with van der Waals surface area (Å²) in [6, 6.07) is 12.3. The van der Waals surface area contributed by atoms with Crippen LogP contribution in [0.2, 0.25) is 0 Å².